The molecule has 6 nitrogen and oxygen atoms in total. The van der Waals surface area contributed by atoms with Gasteiger partial charge in [-0.1, -0.05) is 18.2 Å². The van der Waals surface area contributed by atoms with E-state index in [0.717, 1.165) is 5.56 Å². The van der Waals surface area contributed by atoms with E-state index in [4.69, 9.17) is 9.84 Å². The summed E-state index contributed by atoms with van der Waals surface area (Å²) in [4.78, 5) is 21.8. The Morgan fingerprint density at radius 2 is 2.05 bits per heavy atom. The van der Waals surface area contributed by atoms with Gasteiger partial charge in [-0.3, -0.25) is 9.59 Å². The number of hydrogen-bond donors (Lipinski definition) is 3. The molecule has 110 valence electrons. The molecule has 1 amide bonds. The molecule has 0 unspecified atom stereocenters. The number of carbonyl (C=O) groups excluding carboxylic acids is 1. The van der Waals surface area contributed by atoms with Crippen molar-refractivity contribution < 1.29 is 19.4 Å². The molecule has 1 rings (SSSR count). The topological polar surface area (TPSA) is 87.7 Å². The van der Waals surface area contributed by atoms with Crippen molar-refractivity contribution in [2.75, 3.05) is 20.2 Å². The molecule has 0 heterocycles. The van der Waals surface area contributed by atoms with Crippen molar-refractivity contribution in [3.8, 4) is 5.75 Å². The maximum atomic E-state index is 11.5. The Morgan fingerprint density at radius 1 is 1.30 bits per heavy atom. The van der Waals surface area contributed by atoms with Crippen molar-refractivity contribution in [3.63, 3.8) is 0 Å². The van der Waals surface area contributed by atoms with E-state index in [0.29, 0.717) is 25.3 Å². The molecule has 6 heteroatoms. The van der Waals surface area contributed by atoms with Crippen LogP contribution in [0, 0.1) is 0 Å². The van der Waals surface area contributed by atoms with Gasteiger partial charge in [0.15, 0.2) is 6.61 Å². The molecule has 1 aromatic carbocycles. The number of hydrogen-bond acceptors (Lipinski definition) is 4. The van der Waals surface area contributed by atoms with E-state index in [9.17, 15) is 9.59 Å². The number of ether oxygens (including phenoxy) is 1. The fraction of sp³-hybridized carbons (Fsp3) is 0.429. The summed E-state index contributed by atoms with van der Waals surface area (Å²) in [6.45, 7) is 0.927. The lowest BCUT2D eigenvalue weighted by Crippen LogP contribution is -2.30. The van der Waals surface area contributed by atoms with Crippen LogP contribution in [0.4, 0.5) is 0 Å². The Labute approximate surface area is 118 Å². The molecule has 0 aromatic heterocycles. The highest BCUT2D eigenvalue weighted by atomic mass is 16.5. The van der Waals surface area contributed by atoms with Gasteiger partial charge in [0.2, 0.25) is 0 Å². The molecule has 0 bridgehead atoms. The summed E-state index contributed by atoms with van der Waals surface area (Å²) in [6.07, 6.45) is 0.462. The predicted molar refractivity (Wildman–Crippen MR) is 74.6 cm³/mol. The Hall–Kier alpha value is -2.08. The normalized spacial score (nSPS) is 10.1. The molecule has 0 saturated heterocycles. The molecule has 0 fully saturated rings. The second kappa shape index (κ2) is 8.92. The lowest BCUT2D eigenvalue weighted by Gasteiger charge is -2.11. The lowest BCUT2D eigenvalue weighted by atomic mass is 10.2. The largest absolute Gasteiger partial charge is 0.483 e. The van der Waals surface area contributed by atoms with Gasteiger partial charge in [-0.2, -0.15) is 0 Å². The van der Waals surface area contributed by atoms with E-state index < -0.39 is 5.97 Å². The Bertz CT molecular complexity index is 449. The molecule has 0 atom stereocenters. The molecule has 3 N–H and O–H groups in total. The van der Waals surface area contributed by atoms with Crippen LogP contribution >= 0.6 is 0 Å². The van der Waals surface area contributed by atoms with Gasteiger partial charge in [-0.05, 0) is 19.5 Å². The average molecular weight is 280 g/mol. The van der Waals surface area contributed by atoms with Gasteiger partial charge >= 0.3 is 5.97 Å². The number of nitrogens with one attached hydrogen (secondary N) is 2. The predicted octanol–water partition coefficient (Wildman–Crippen LogP) is 0.766. The number of carboxylic acids is 1. The third-order valence-electron chi connectivity index (χ3n) is 2.59. The van der Waals surface area contributed by atoms with Crippen molar-refractivity contribution in [2.24, 2.45) is 0 Å². The van der Waals surface area contributed by atoms with Crippen LogP contribution in [0.15, 0.2) is 24.3 Å². The van der Waals surface area contributed by atoms with Crippen LogP contribution in [-0.4, -0.2) is 37.2 Å². The van der Waals surface area contributed by atoms with Crippen molar-refractivity contribution in [1.29, 1.82) is 0 Å². The van der Waals surface area contributed by atoms with Crippen LogP contribution in [0.25, 0.3) is 0 Å². The molecular weight excluding hydrogens is 260 g/mol. The summed E-state index contributed by atoms with van der Waals surface area (Å²) in [6, 6.07) is 7.49. The standard InChI is InChI=1S/C14H20N2O4/c1-15-9-11-5-2-3-6-12(11)20-10-13(17)16-8-4-7-14(18)19/h2-3,5-6,15H,4,7-10H2,1H3,(H,16,17)(H,18,19). The van der Waals surface area contributed by atoms with Crippen LogP contribution in [-0.2, 0) is 16.1 Å². The highest BCUT2D eigenvalue weighted by molar-refractivity contribution is 5.77. The molecule has 0 radical (unpaired) electrons. The van der Waals surface area contributed by atoms with E-state index in [1.165, 1.54) is 0 Å². The number of rotatable bonds is 9. The van der Waals surface area contributed by atoms with Gasteiger partial charge in [0, 0.05) is 25.1 Å². The van der Waals surface area contributed by atoms with E-state index >= 15 is 0 Å². The van der Waals surface area contributed by atoms with Gasteiger partial charge in [0.05, 0.1) is 0 Å². The molecule has 0 spiro atoms. The summed E-state index contributed by atoms with van der Waals surface area (Å²) in [7, 11) is 1.84. The molecular formula is C14H20N2O4. The highest BCUT2D eigenvalue weighted by Crippen LogP contribution is 2.17. The van der Waals surface area contributed by atoms with Crippen LogP contribution in [0.2, 0.25) is 0 Å². The van der Waals surface area contributed by atoms with E-state index in [1.54, 1.807) is 0 Å². The number of amides is 1. The molecule has 0 aliphatic rings. The highest BCUT2D eigenvalue weighted by Gasteiger charge is 2.06. The fourth-order valence-corrected chi connectivity index (χ4v) is 1.64. The minimum Gasteiger partial charge on any atom is -0.483 e. The lowest BCUT2D eigenvalue weighted by molar-refractivity contribution is -0.137. The number of aliphatic carboxylic acids is 1. The minimum atomic E-state index is -0.864. The zero-order valence-electron chi connectivity index (χ0n) is 11.5. The summed E-state index contributed by atoms with van der Waals surface area (Å²) in [5, 5.41) is 14.1. The maximum absolute atomic E-state index is 11.5. The number of carboxylic acid groups (broad SMARTS) is 1. The third kappa shape index (κ3) is 6.19. The molecule has 0 aliphatic carbocycles. The Balaban J connectivity index is 2.32. The monoisotopic (exact) mass is 280 g/mol. The number of para-hydroxylation sites is 1. The van der Waals surface area contributed by atoms with E-state index in [1.807, 2.05) is 31.3 Å². The zero-order chi connectivity index (χ0) is 14.8. The smallest absolute Gasteiger partial charge is 0.303 e. The first-order chi connectivity index (χ1) is 9.63. The quantitative estimate of drug-likeness (QED) is 0.581. The average Bonchev–Trinajstić information content (AvgIpc) is 2.43. The van der Waals surface area contributed by atoms with Crippen LogP contribution in [0.5, 0.6) is 5.75 Å². The molecule has 1 aromatic rings. The first kappa shape index (κ1) is 16.0. The van der Waals surface area contributed by atoms with E-state index in [2.05, 4.69) is 10.6 Å². The van der Waals surface area contributed by atoms with Crippen molar-refractivity contribution >= 4 is 11.9 Å². The fourth-order valence-electron chi connectivity index (χ4n) is 1.64. The first-order valence-electron chi connectivity index (χ1n) is 6.47. The summed E-state index contributed by atoms with van der Waals surface area (Å²) >= 11 is 0. The van der Waals surface area contributed by atoms with Gasteiger partial charge in [-0.15, -0.1) is 0 Å². The molecule has 0 saturated carbocycles. The first-order valence-corrected chi connectivity index (χ1v) is 6.47. The summed E-state index contributed by atoms with van der Waals surface area (Å²) in [5.41, 5.74) is 0.980. The second-order valence-electron chi connectivity index (χ2n) is 4.27. The maximum Gasteiger partial charge on any atom is 0.303 e. The second-order valence-corrected chi connectivity index (χ2v) is 4.27. The van der Waals surface area contributed by atoms with Gasteiger partial charge in [-0.25, -0.2) is 0 Å². The summed E-state index contributed by atoms with van der Waals surface area (Å²) < 4.78 is 5.46. The SMILES string of the molecule is CNCc1ccccc1OCC(=O)NCCCC(=O)O. The summed E-state index contributed by atoms with van der Waals surface area (Å²) in [5.74, 6) is -0.450. The number of benzene rings is 1. The Kier molecular flexibility index (Phi) is 7.13. The van der Waals surface area contributed by atoms with Crippen LogP contribution in [0.1, 0.15) is 18.4 Å². The van der Waals surface area contributed by atoms with Crippen LogP contribution in [0.3, 0.4) is 0 Å². The van der Waals surface area contributed by atoms with Crippen LogP contribution < -0.4 is 15.4 Å². The van der Waals surface area contributed by atoms with Crippen molar-refractivity contribution in [3.05, 3.63) is 29.8 Å². The Morgan fingerprint density at radius 3 is 2.75 bits per heavy atom. The zero-order valence-corrected chi connectivity index (χ0v) is 11.5. The molecule has 0 aliphatic heterocycles. The van der Waals surface area contributed by atoms with Crippen molar-refractivity contribution in [2.45, 2.75) is 19.4 Å². The third-order valence-corrected chi connectivity index (χ3v) is 2.59. The number of carbonyl (C=O) groups is 2. The van der Waals surface area contributed by atoms with Gasteiger partial charge in [0.25, 0.3) is 5.91 Å². The van der Waals surface area contributed by atoms with Gasteiger partial charge in [0.1, 0.15) is 5.75 Å². The molecule has 20 heavy (non-hydrogen) atoms. The van der Waals surface area contributed by atoms with Gasteiger partial charge < -0.3 is 20.5 Å². The van der Waals surface area contributed by atoms with Crippen molar-refractivity contribution in [1.82, 2.24) is 10.6 Å². The van der Waals surface area contributed by atoms with E-state index in [-0.39, 0.29) is 18.9 Å². The minimum absolute atomic E-state index is 0.0478.